The van der Waals surface area contributed by atoms with Crippen LogP contribution in [0.25, 0.3) is 0 Å². The first-order chi connectivity index (χ1) is 10.2. The van der Waals surface area contributed by atoms with Crippen molar-refractivity contribution >= 4 is 5.95 Å². The van der Waals surface area contributed by atoms with Gasteiger partial charge in [0.25, 0.3) is 0 Å². The molecule has 0 amide bonds. The lowest BCUT2D eigenvalue weighted by atomic mass is 10.3. The summed E-state index contributed by atoms with van der Waals surface area (Å²) in [6.07, 6.45) is 5.01. The summed E-state index contributed by atoms with van der Waals surface area (Å²) in [5, 5.41) is 3.29. The van der Waals surface area contributed by atoms with Gasteiger partial charge < -0.3 is 15.1 Å². The predicted octanol–water partition coefficient (Wildman–Crippen LogP) is 2.14. The van der Waals surface area contributed by atoms with Crippen LogP contribution in [0.2, 0.25) is 0 Å². The molecule has 1 N–H and O–H groups in total. The van der Waals surface area contributed by atoms with E-state index in [2.05, 4.69) is 52.8 Å². The molecule has 1 rings (SSSR count). The Bertz CT molecular complexity index is 361. The van der Waals surface area contributed by atoms with E-state index in [1.807, 2.05) is 12.4 Å². The van der Waals surface area contributed by atoms with Gasteiger partial charge in [-0.05, 0) is 39.5 Å². The van der Waals surface area contributed by atoms with E-state index in [4.69, 9.17) is 0 Å². The zero-order valence-corrected chi connectivity index (χ0v) is 14.1. The number of anilines is 1. The molecule has 1 aromatic heterocycles. The van der Waals surface area contributed by atoms with Crippen LogP contribution >= 0.6 is 0 Å². The Labute approximate surface area is 129 Å². The van der Waals surface area contributed by atoms with Gasteiger partial charge in [-0.2, -0.15) is 0 Å². The summed E-state index contributed by atoms with van der Waals surface area (Å²) in [6, 6.07) is 0. The predicted molar refractivity (Wildman–Crippen MR) is 89.7 cm³/mol. The average Bonchev–Trinajstić information content (AvgIpc) is 2.54. The molecule has 1 aromatic rings. The molecule has 0 aliphatic heterocycles. The molecule has 0 unspecified atom stereocenters. The van der Waals surface area contributed by atoms with Gasteiger partial charge in [0.1, 0.15) is 0 Å². The number of nitrogens with zero attached hydrogens (tertiary/aromatic N) is 4. The second-order valence-corrected chi connectivity index (χ2v) is 5.13. The van der Waals surface area contributed by atoms with Crippen LogP contribution in [0.3, 0.4) is 0 Å². The molecule has 0 aliphatic rings. The largest absolute Gasteiger partial charge is 0.341 e. The minimum atomic E-state index is 0.838. The van der Waals surface area contributed by atoms with Gasteiger partial charge in [-0.15, -0.1) is 0 Å². The maximum absolute atomic E-state index is 4.50. The first-order valence-electron chi connectivity index (χ1n) is 8.23. The molecule has 120 valence electrons. The Morgan fingerprint density at radius 3 is 2.14 bits per heavy atom. The SMILES string of the molecule is CCNCc1cnc(N(CC)CCCN(CC)CC)nc1. The van der Waals surface area contributed by atoms with Crippen LogP contribution in [-0.2, 0) is 6.54 Å². The number of nitrogens with one attached hydrogen (secondary N) is 1. The van der Waals surface area contributed by atoms with Crippen molar-refractivity contribution in [3.05, 3.63) is 18.0 Å². The highest BCUT2D eigenvalue weighted by atomic mass is 15.2. The van der Waals surface area contributed by atoms with E-state index in [1.165, 1.54) is 0 Å². The maximum atomic E-state index is 4.50. The van der Waals surface area contributed by atoms with Gasteiger partial charge >= 0.3 is 0 Å². The number of hydrogen-bond acceptors (Lipinski definition) is 5. The molecule has 0 aliphatic carbocycles. The Balaban J connectivity index is 2.47. The fraction of sp³-hybridized carbons (Fsp3) is 0.750. The molecule has 0 spiro atoms. The highest BCUT2D eigenvalue weighted by Gasteiger charge is 2.08. The van der Waals surface area contributed by atoms with Crippen molar-refractivity contribution in [3.8, 4) is 0 Å². The molecule has 1 heterocycles. The van der Waals surface area contributed by atoms with Crippen molar-refractivity contribution in [2.24, 2.45) is 0 Å². The van der Waals surface area contributed by atoms with Crippen LogP contribution in [0.5, 0.6) is 0 Å². The zero-order chi connectivity index (χ0) is 15.5. The van der Waals surface area contributed by atoms with Gasteiger partial charge in [0.2, 0.25) is 5.95 Å². The summed E-state index contributed by atoms with van der Waals surface area (Å²) in [7, 11) is 0. The lowest BCUT2D eigenvalue weighted by Gasteiger charge is -2.23. The zero-order valence-electron chi connectivity index (χ0n) is 14.1. The Morgan fingerprint density at radius 1 is 0.952 bits per heavy atom. The van der Waals surface area contributed by atoms with Crippen molar-refractivity contribution in [2.75, 3.05) is 44.2 Å². The van der Waals surface area contributed by atoms with Crippen molar-refractivity contribution in [1.82, 2.24) is 20.2 Å². The summed E-state index contributed by atoms with van der Waals surface area (Å²) in [5.41, 5.74) is 1.14. The van der Waals surface area contributed by atoms with Crippen LogP contribution in [0.4, 0.5) is 5.95 Å². The van der Waals surface area contributed by atoms with Crippen LogP contribution in [0.15, 0.2) is 12.4 Å². The minimum Gasteiger partial charge on any atom is -0.341 e. The molecule has 0 bridgehead atoms. The maximum Gasteiger partial charge on any atom is 0.225 e. The van der Waals surface area contributed by atoms with E-state index < -0.39 is 0 Å². The van der Waals surface area contributed by atoms with Crippen LogP contribution < -0.4 is 10.2 Å². The summed E-state index contributed by atoms with van der Waals surface area (Å²) in [4.78, 5) is 13.7. The van der Waals surface area contributed by atoms with E-state index in [9.17, 15) is 0 Å². The fourth-order valence-electron chi connectivity index (χ4n) is 2.30. The fourth-order valence-corrected chi connectivity index (χ4v) is 2.30. The Morgan fingerprint density at radius 2 is 1.62 bits per heavy atom. The van der Waals surface area contributed by atoms with E-state index in [0.717, 1.165) is 63.7 Å². The molecule has 0 atom stereocenters. The van der Waals surface area contributed by atoms with E-state index in [-0.39, 0.29) is 0 Å². The van der Waals surface area contributed by atoms with Crippen LogP contribution in [-0.4, -0.2) is 54.1 Å². The molecule has 0 saturated heterocycles. The Hall–Kier alpha value is -1.20. The standard InChI is InChI=1S/C16H31N5/c1-5-17-12-15-13-18-16(19-14-15)21(8-4)11-9-10-20(6-2)7-3/h13-14,17H,5-12H2,1-4H3. The summed E-state index contributed by atoms with van der Waals surface area (Å²) in [6.45, 7) is 15.8. The summed E-state index contributed by atoms with van der Waals surface area (Å²) in [5.74, 6) is 0.845. The van der Waals surface area contributed by atoms with Gasteiger partial charge in [-0.1, -0.05) is 20.8 Å². The number of hydrogen-bond donors (Lipinski definition) is 1. The quantitative estimate of drug-likeness (QED) is 0.677. The topological polar surface area (TPSA) is 44.3 Å². The van der Waals surface area contributed by atoms with Gasteiger partial charge in [-0.3, -0.25) is 0 Å². The van der Waals surface area contributed by atoms with Crippen molar-refractivity contribution in [2.45, 2.75) is 40.7 Å². The van der Waals surface area contributed by atoms with Crippen LogP contribution in [0.1, 0.15) is 39.7 Å². The van der Waals surface area contributed by atoms with E-state index in [0.29, 0.717) is 0 Å². The minimum absolute atomic E-state index is 0.838. The highest BCUT2D eigenvalue weighted by Crippen LogP contribution is 2.08. The smallest absolute Gasteiger partial charge is 0.225 e. The molecular weight excluding hydrogens is 262 g/mol. The van der Waals surface area contributed by atoms with Crippen molar-refractivity contribution in [1.29, 1.82) is 0 Å². The second-order valence-electron chi connectivity index (χ2n) is 5.13. The molecule has 0 saturated carbocycles. The summed E-state index contributed by atoms with van der Waals surface area (Å²) < 4.78 is 0. The molecule has 0 fully saturated rings. The highest BCUT2D eigenvalue weighted by molar-refractivity contribution is 5.29. The third-order valence-corrected chi connectivity index (χ3v) is 3.73. The molecule has 0 aromatic carbocycles. The number of rotatable bonds is 11. The normalized spacial score (nSPS) is 11.1. The molecule has 0 radical (unpaired) electrons. The van der Waals surface area contributed by atoms with Gasteiger partial charge in [0.15, 0.2) is 0 Å². The van der Waals surface area contributed by atoms with E-state index in [1.54, 1.807) is 0 Å². The monoisotopic (exact) mass is 293 g/mol. The lowest BCUT2D eigenvalue weighted by molar-refractivity contribution is 0.300. The van der Waals surface area contributed by atoms with Crippen molar-refractivity contribution in [3.63, 3.8) is 0 Å². The van der Waals surface area contributed by atoms with E-state index >= 15 is 0 Å². The molecule has 5 nitrogen and oxygen atoms in total. The van der Waals surface area contributed by atoms with Crippen LogP contribution in [0, 0.1) is 0 Å². The first-order valence-corrected chi connectivity index (χ1v) is 8.23. The third kappa shape index (κ3) is 6.40. The summed E-state index contributed by atoms with van der Waals surface area (Å²) >= 11 is 0. The number of aromatic nitrogens is 2. The van der Waals surface area contributed by atoms with Gasteiger partial charge in [0.05, 0.1) is 0 Å². The average molecular weight is 293 g/mol. The Kier molecular flexibility index (Phi) is 8.94. The molecular formula is C16H31N5. The van der Waals surface area contributed by atoms with Gasteiger partial charge in [-0.25, -0.2) is 9.97 Å². The van der Waals surface area contributed by atoms with Gasteiger partial charge in [0, 0.05) is 37.6 Å². The molecule has 21 heavy (non-hydrogen) atoms. The third-order valence-electron chi connectivity index (χ3n) is 3.73. The molecule has 5 heteroatoms. The first kappa shape index (κ1) is 17.9. The lowest BCUT2D eigenvalue weighted by Crippen LogP contribution is -2.31. The van der Waals surface area contributed by atoms with Crippen molar-refractivity contribution < 1.29 is 0 Å². The second kappa shape index (κ2) is 10.5.